The minimum Gasteiger partial charge on any atom is -0.478 e. The molecule has 0 aliphatic rings. The highest BCUT2D eigenvalue weighted by Gasteiger charge is 2.13. The number of carboxylic acid groups (broad SMARTS) is 1. The van der Waals surface area contributed by atoms with Gasteiger partial charge in [0.1, 0.15) is 0 Å². The maximum absolute atomic E-state index is 10.9. The van der Waals surface area contributed by atoms with Crippen LogP contribution in [0.2, 0.25) is 19.6 Å². The van der Waals surface area contributed by atoms with Gasteiger partial charge in [-0.2, -0.15) is 0 Å². The Labute approximate surface area is 106 Å². The molecule has 1 aromatic carbocycles. The second-order valence-corrected chi connectivity index (χ2v) is 10.1. The molecule has 1 N–H and O–H groups in total. The van der Waals surface area contributed by atoms with Crippen LogP contribution in [0.15, 0.2) is 23.9 Å². The van der Waals surface area contributed by atoms with Crippen LogP contribution in [0, 0.1) is 10.1 Å². The number of rotatable bonds is 4. The molecular formula is C12H15NO4Si. The molecule has 0 heterocycles. The fraction of sp³-hybridized carbons (Fsp3) is 0.250. The standard InChI is InChI=1S/C12H15NO4Si/c1-18(2,3)5-4-9-6-10(12(14)15)8-11(7-9)13(16)17/h4-8H,1-3H3,(H,14,15)/b5-4+. The zero-order chi connectivity index (χ0) is 13.9. The van der Waals surface area contributed by atoms with Gasteiger partial charge in [-0.15, -0.1) is 0 Å². The Morgan fingerprint density at radius 2 is 1.94 bits per heavy atom. The van der Waals surface area contributed by atoms with E-state index >= 15 is 0 Å². The molecule has 0 spiro atoms. The van der Waals surface area contributed by atoms with E-state index in [0.29, 0.717) is 5.56 Å². The summed E-state index contributed by atoms with van der Waals surface area (Å²) in [6, 6.07) is 3.88. The van der Waals surface area contributed by atoms with Gasteiger partial charge in [-0.25, -0.2) is 4.79 Å². The predicted octanol–water partition coefficient (Wildman–Crippen LogP) is 3.18. The minimum atomic E-state index is -1.43. The highest BCUT2D eigenvalue weighted by molar-refractivity contribution is 6.81. The first-order valence-corrected chi connectivity index (χ1v) is 8.99. The number of hydrogen-bond donors (Lipinski definition) is 1. The number of carboxylic acids is 1. The molecule has 0 aliphatic carbocycles. The highest BCUT2D eigenvalue weighted by atomic mass is 28.3. The molecule has 1 aromatic rings. The lowest BCUT2D eigenvalue weighted by Crippen LogP contribution is -2.15. The van der Waals surface area contributed by atoms with Crippen molar-refractivity contribution in [2.45, 2.75) is 19.6 Å². The highest BCUT2D eigenvalue weighted by Crippen LogP contribution is 2.19. The van der Waals surface area contributed by atoms with Crippen LogP contribution in [-0.2, 0) is 0 Å². The van der Waals surface area contributed by atoms with Crippen LogP contribution in [-0.4, -0.2) is 24.1 Å². The number of nitro benzene ring substituents is 1. The topological polar surface area (TPSA) is 80.4 Å². The Balaban J connectivity index is 3.24. The Morgan fingerprint density at radius 3 is 2.39 bits per heavy atom. The summed E-state index contributed by atoms with van der Waals surface area (Å²) >= 11 is 0. The summed E-state index contributed by atoms with van der Waals surface area (Å²) in [6.07, 6.45) is 1.76. The fourth-order valence-electron chi connectivity index (χ4n) is 1.31. The fourth-order valence-corrected chi connectivity index (χ4v) is 2.00. The third-order valence-electron chi connectivity index (χ3n) is 2.17. The van der Waals surface area contributed by atoms with E-state index in [1.54, 1.807) is 6.08 Å². The molecule has 0 aliphatic heterocycles. The van der Waals surface area contributed by atoms with Crippen LogP contribution in [0.1, 0.15) is 15.9 Å². The lowest BCUT2D eigenvalue weighted by Gasteiger charge is -2.08. The summed E-state index contributed by atoms with van der Waals surface area (Å²) in [7, 11) is -1.43. The van der Waals surface area contributed by atoms with Gasteiger partial charge in [-0.05, 0) is 11.6 Å². The zero-order valence-electron chi connectivity index (χ0n) is 10.5. The molecule has 96 valence electrons. The van der Waals surface area contributed by atoms with E-state index in [4.69, 9.17) is 5.11 Å². The largest absolute Gasteiger partial charge is 0.478 e. The molecule has 0 radical (unpaired) electrons. The smallest absolute Gasteiger partial charge is 0.335 e. The van der Waals surface area contributed by atoms with Gasteiger partial charge in [0, 0.05) is 12.1 Å². The van der Waals surface area contributed by atoms with Gasteiger partial charge < -0.3 is 5.11 Å². The van der Waals surface area contributed by atoms with Crippen molar-refractivity contribution < 1.29 is 14.8 Å². The molecule has 0 amide bonds. The van der Waals surface area contributed by atoms with Crippen LogP contribution < -0.4 is 0 Å². The number of carbonyl (C=O) groups is 1. The molecule has 0 saturated carbocycles. The summed E-state index contributed by atoms with van der Waals surface area (Å²) in [4.78, 5) is 21.0. The number of nitro groups is 1. The number of aromatic carboxylic acids is 1. The van der Waals surface area contributed by atoms with E-state index in [-0.39, 0.29) is 11.3 Å². The van der Waals surface area contributed by atoms with Crippen LogP contribution in [0.4, 0.5) is 5.69 Å². The maximum Gasteiger partial charge on any atom is 0.335 e. The van der Waals surface area contributed by atoms with E-state index < -0.39 is 19.0 Å². The summed E-state index contributed by atoms with van der Waals surface area (Å²) in [5, 5.41) is 19.6. The first kappa shape index (κ1) is 14.1. The van der Waals surface area contributed by atoms with Crippen molar-refractivity contribution in [1.29, 1.82) is 0 Å². The Kier molecular flexibility index (Phi) is 4.02. The van der Waals surface area contributed by atoms with E-state index in [9.17, 15) is 14.9 Å². The molecule has 0 unspecified atom stereocenters. The van der Waals surface area contributed by atoms with Crippen molar-refractivity contribution in [3.05, 3.63) is 45.1 Å². The van der Waals surface area contributed by atoms with Crippen molar-refractivity contribution >= 4 is 25.8 Å². The summed E-state index contributed by atoms with van der Waals surface area (Å²) in [6.45, 7) is 6.37. The van der Waals surface area contributed by atoms with Crippen LogP contribution >= 0.6 is 0 Å². The van der Waals surface area contributed by atoms with Gasteiger partial charge in [0.15, 0.2) is 0 Å². The average Bonchev–Trinajstić information content (AvgIpc) is 2.25. The Bertz CT molecular complexity index is 485. The lowest BCUT2D eigenvalue weighted by molar-refractivity contribution is -0.384. The van der Waals surface area contributed by atoms with Crippen molar-refractivity contribution in [2.24, 2.45) is 0 Å². The van der Waals surface area contributed by atoms with Gasteiger partial charge in [0.2, 0.25) is 0 Å². The van der Waals surface area contributed by atoms with Gasteiger partial charge in [-0.1, -0.05) is 31.4 Å². The molecule has 0 bridgehead atoms. The molecule has 0 aromatic heterocycles. The van der Waals surface area contributed by atoms with Crippen LogP contribution in [0.5, 0.6) is 0 Å². The quantitative estimate of drug-likeness (QED) is 0.515. The minimum absolute atomic E-state index is 0.0700. The van der Waals surface area contributed by atoms with Gasteiger partial charge >= 0.3 is 5.97 Å². The lowest BCUT2D eigenvalue weighted by atomic mass is 10.1. The molecule has 6 heteroatoms. The van der Waals surface area contributed by atoms with E-state index in [1.807, 2.05) is 5.70 Å². The molecule has 1 rings (SSSR count). The van der Waals surface area contributed by atoms with Gasteiger partial charge in [0.25, 0.3) is 5.69 Å². The SMILES string of the molecule is C[Si](C)(C)/C=C/c1cc(C(=O)O)cc([N+](=O)[O-])c1. The monoisotopic (exact) mass is 265 g/mol. The first-order valence-electron chi connectivity index (χ1n) is 5.41. The number of non-ortho nitro benzene ring substituents is 1. The molecule has 0 fully saturated rings. The molecule has 0 saturated heterocycles. The van der Waals surface area contributed by atoms with Crippen molar-refractivity contribution in [2.75, 3.05) is 0 Å². The van der Waals surface area contributed by atoms with Crippen molar-refractivity contribution in [3.63, 3.8) is 0 Å². The van der Waals surface area contributed by atoms with Crippen LogP contribution in [0.25, 0.3) is 6.08 Å². The summed E-state index contributed by atoms with van der Waals surface area (Å²) < 4.78 is 0. The van der Waals surface area contributed by atoms with Crippen LogP contribution in [0.3, 0.4) is 0 Å². The van der Waals surface area contributed by atoms with Gasteiger partial charge in [-0.3, -0.25) is 10.1 Å². The number of benzene rings is 1. The third kappa shape index (κ3) is 4.14. The Hall–Kier alpha value is -1.95. The predicted molar refractivity (Wildman–Crippen MR) is 72.4 cm³/mol. The summed E-state index contributed by atoms with van der Waals surface area (Å²) in [5.74, 6) is -1.17. The molecule has 18 heavy (non-hydrogen) atoms. The molecule has 0 atom stereocenters. The third-order valence-corrected chi connectivity index (χ3v) is 3.34. The van der Waals surface area contributed by atoms with E-state index in [1.165, 1.54) is 12.1 Å². The van der Waals surface area contributed by atoms with Crippen molar-refractivity contribution in [3.8, 4) is 0 Å². The Morgan fingerprint density at radius 1 is 1.33 bits per heavy atom. The maximum atomic E-state index is 10.9. The second-order valence-electron chi connectivity index (χ2n) is 5.07. The molecule has 5 nitrogen and oxygen atoms in total. The first-order chi connectivity index (χ1) is 8.19. The second kappa shape index (κ2) is 5.13. The summed E-state index contributed by atoms with van der Waals surface area (Å²) in [5.41, 5.74) is 2.28. The van der Waals surface area contributed by atoms with Gasteiger partial charge in [0.05, 0.1) is 18.6 Å². The van der Waals surface area contributed by atoms with E-state index in [0.717, 1.165) is 6.07 Å². The molecular weight excluding hydrogens is 250 g/mol. The normalized spacial score (nSPS) is 11.7. The number of hydrogen-bond acceptors (Lipinski definition) is 3. The average molecular weight is 265 g/mol. The van der Waals surface area contributed by atoms with E-state index in [2.05, 4.69) is 19.6 Å². The van der Waals surface area contributed by atoms with Crippen molar-refractivity contribution in [1.82, 2.24) is 0 Å². The zero-order valence-corrected chi connectivity index (χ0v) is 11.5. The number of nitrogens with zero attached hydrogens (tertiary/aromatic N) is 1.